The van der Waals surface area contributed by atoms with Gasteiger partial charge in [-0.3, -0.25) is 0 Å². The van der Waals surface area contributed by atoms with Crippen LogP contribution in [0.2, 0.25) is 0 Å². The molecule has 2 rings (SSSR count). The molecule has 1 aliphatic carbocycles. The van der Waals surface area contributed by atoms with Crippen LogP contribution in [0.1, 0.15) is 31.7 Å². The first-order chi connectivity index (χ1) is 7.95. The van der Waals surface area contributed by atoms with Gasteiger partial charge in [0.1, 0.15) is 0 Å². The maximum atomic E-state index is 12.3. The van der Waals surface area contributed by atoms with Gasteiger partial charge >= 0.3 is 6.18 Å². The molecule has 0 heterocycles. The van der Waals surface area contributed by atoms with Gasteiger partial charge in [0.15, 0.2) is 0 Å². The Hall–Kier alpha value is -1.19. The number of nitrogens with one attached hydrogen (secondary N) is 1. The fraction of sp³-hybridized carbons (Fsp3) is 0.538. The highest BCUT2D eigenvalue weighted by Gasteiger charge is 2.40. The van der Waals surface area contributed by atoms with Gasteiger partial charge in [0.2, 0.25) is 0 Å². The summed E-state index contributed by atoms with van der Waals surface area (Å²) in [6.45, 7) is 3.01. The van der Waals surface area contributed by atoms with Gasteiger partial charge in [-0.05, 0) is 48.9 Å². The number of hydrogen-bond acceptors (Lipinski definition) is 1. The van der Waals surface area contributed by atoms with Crippen LogP contribution in [0.4, 0.5) is 18.9 Å². The molecule has 0 unspecified atom stereocenters. The van der Waals surface area contributed by atoms with Crippen LogP contribution in [0.5, 0.6) is 0 Å². The van der Waals surface area contributed by atoms with E-state index in [0.717, 1.165) is 30.8 Å². The summed E-state index contributed by atoms with van der Waals surface area (Å²) in [5.41, 5.74) is 0.556. The van der Waals surface area contributed by atoms with Crippen LogP contribution < -0.4 is 5.32 Å². The minimum absolute atomic E-state index is 0.392. The second kappa shape index (κ2) is 4.24. The molecule has 94 valence electrons. The van der Waals surface area contributed by atoms with Crippen LogP contribution in [-0.2, 0) is 6.18 Å². The second-order valence-electron chi connectivity index (χ2n) is 4.78. The van der Waals surface area contributed by atoms with E-state index < -0.39 is 11.7 Å². The highest BCUT2D eigenvalue weighted by Crippen LogP contribution is 2.48. The van der Waals surface area contributed by atoms with Crippen LogP contribution in [0.15, 0.2) is 24.3 Å². The molecular weight excluding hydrogens is 227 g/mol. The molecule has 17 heavy (non-hydrogen) atoms. The van der Waals surface area contributed by atoms with Crippen LogP contribution in [-0.4, -0.2) is 6.54 Å². The van der Waals surface area contributed by atoms with Crippen molar-refractivity contribution in [2.45, 2.75) is 32.4 Å². The van der Waals surface area contributed by atoms with Gasteiger partial charge in [0.25, 0.3) is 0 Å². The van der Waals surface area contributed by atoms with Gasteiger partial charge < -0.3 is 5.32 Å². The lowest BCUT2D eigenvalue weighted by atomic mass is 10.0. The zero-order valence-corrected chi connectivity index (χ0v) is 9.77. The van der Waals surface area contributed by atoms with E-state index in [1.54, 1.807) is 0 Å². The highest BCUT2D eigenvalue weighted by atomic mass is 19.4. The summed E-state index contributed by atoms with van der Waals surface area (Å²) < 4.78 is 37.0. The average Bonchev–Trinajstić information content (AvgIpc) is 3.06. The lowest BCUT2D eigenvalue weighted by Crippen LogP contribution is -2.14. The van der Waals surface area contributed by atoms with E-state index in [0.29, 0.717) is 5.41 Å². The van der Waals surface area contributed by atoms with Crippen LogP contribution in [0.3, 0.4) is 0 Å². The van der Waals surface area contributed by atoms with Crippen molar-refractivity contribution in [3.63, 3.8) is 0 Å². The van der Waals surface area contributed by atoms with Gasteiger partial charge in [0, 0.05) is 12.2 Å². The Labute approximate surface area is 99.0 Å². The smallest absolute Gasteiger partial charge is 0.384 e. The van der Waals surface area contributed by atoms with Crippen molar-refractivity contribution < 1.29 is 13.2 Å². The summed E-state index contributed by atoms with van der Waals surface area (Å²) in [5, 5.41) is 3.21. The first-order valence-electron chi connectivity index (χ1n) is 5.86. The van der Waals surface area contributed by atoms with Crippen molar-refractivity contribution in [2.24, 2.45) is 5.41 Å². The monoisotopic (exact) mass is 243 g/mol. The molecule has 1 nitrogen and oxygen atoms in total. The Morgan fingerprint density at radius 2 is 1.76 bits per heavy atom. The standard InChI is InChI=1S/C13H16F3N/c1-2-12(7-8-12)9-17-11-5-3-10(4-6-11)13(14,15)16/h3-6,17H,2,7-9H2,1H3. The quantitative estimate of drug-likeness (QED) is 0.831. The van der Waals surface area contributed by atoms with E-state index in [1.807, 2.05) is 0 Å². The van der Waals surface area contributed by atoms with Crippen molar-refractivity contribution in [1.82, 2.24) is 0 Å². The minimum atomic E-state index is -4.25. The van der Waals surface area contributed by atoms with Gasteiger partial charge in [-0.15, -0.1) is 0 Å². The molecule has 0 radical (unpaired) electrons. The molecule has 1 saturated carbocycles. The van der Waals surface area contributed by atoms with Crippen molar-refractivity contribution >= 4 is 5.69 Å². The number of anilines is 1. The second-order valence-corrected chi connectivity index (χ2v) is 4.78. The van der Waals surface area contributed by atoms with Crippen molar-refractivity contribution in [1.29, 1.82) is 0 Å². The van der Waals surface area contributed by atoms with Gasteiger partial charge in [-0.25, -0.2) is 0 Å². The first-order valence-corrected chi connectivity index (χ1v) is 5.86. The fourth-order valence-electron chi connectivity index (χ4n) is 1.90. The summed E-state index contributed by atoms with van der Waals surface area (Å²) in [5.74, 6) is 0. The zero-order chi connectivity index (χ0) is 12.5. The Bertz CT molecular complexity index is 377. The van der Waals surface area contributed by atoms with Crippen molar-refractivity contribution in [3.05, 3.63) is 29.8 Å². The molecule has 1 fully saturated rings. The van der Waals surface area contributed by atoms with Crippen molar-refractivity contribution in [3.8, 4) is 0 Å². The van der Waals surface area contributed by atoms with Crippen molar-refractivity contribution in [2.75, 3.05) is 11.9 Å². The third-order valence-corrected chi connectivity index (χ3v) is 3.59. The third-order valence-electron chi connectivity index (χ3n) is 3.59. The summed E-state index contributed by atoms with van der Waals surface area (Å²) >= 11 is 0. The molecule has 0 spiro atoms. The molecule has 0 bridgehead atoms. The molecule has 0 saturated heterocycles. The topological polar surface area (TPSA) is 12.0 Å². The summed E-state index contributed by atoms with van der Waals surface area (Å²) in [4.78, 5) is 0. The largest absolute Gasteiger partial charge is 0.416 e. The first kappa shape index (κ1) is 12.3. The molecule has 1 aromatic rings. The van der Waals surface area contributed by atoms with Crippen LogP contribution in [0, 0.1) is 5.41 Å². The number of rotatable bonds is 4. The Kier molecular flexibility index (Phi) is 3.06. The molecule has 1 N–H and O–H groups in total. The molecular formula is C13H16F3N. The Morgan fingerprint density at radius 1 is 1.18 bits per heavy atom. The zero-order valence-electron chi connectivity index (χ0n) is 9.77. The van der Waals surface area contributed by atoms with Gasteiger partial charge in [0.05, 0.1) is 5.56 Å². The summed E-state index contributed by atoms with van der Waals surface area (Å²) in [6.07, 6.45) is -0.686. The normalized spacial score (nSPS) is 17.9. The lowest BCUT2D eigenvalue weighted by Gasteiger charge is -2.15. The summed E-state index contributed by atoms with van der Waals surface area (Å²) in [6, 6.07) is 5.23. The number of hydrogen-bond donors (Lipinski definition) is 1. The maximum absolute atomic E-state index is 12.3. The van der Waals surface area contributed by atoms with Gasteiger partial charge in [-0.1, -0.05) is 6.92 Å². The molecule has 1 aliphatic rings. The van der Waals surface area contributed by atoms with E-state index in [-0.39, 0.29) is 0 Å². The number of benzene rings is 1. The minimum Gasteiger partial charge on any atom is -0.384 e. The molecule has 0 aliphatic heterocycles. The highest BCUT2D eigenvalue weighted by molar-refractivity contribution is 5.45. The van der Waals surface area contributed by atoms with E-state index in [4.69, 9.17) is 0 Å². The Morgan fingerprint density at radius 3 is 2.18 bits per heavy atom. The Balaban J connectivity index is 1.94. The summed E-state index contributed by atoms with van der Waals surface area (Å²) in [7, 11) is 0. The van der Waals surface area contributed by atoms with Crippen LogP contribution in [0.25, 0.3) is 0 Å². The molecule has 0 aromatic heterocycles. The molecule has 1 aromatic carbocycles. The maximum Gasteiger partial charge on any atom is 0.416 e. The number of halogens is 3. The van der Waals surface area contributed by atoms with E-state index >= 15 is 0 Å². The fourth-order valence-corrected chi connectivity index (χ4v) is 1.90. The molecule has 0 amide bonds. The predicted molar refractivity (Wildman–Crippen MR) is 61.9 cm³/mol. The van der Waals surface area contributed by atoms with E-state index in [9.17, 15) is 13.2 Å². The molecule has 0 atom stereocenters. The average molecular weight is 243 g/mol. The number of alkyl halides is 3. The lowest BCUT2D eigenvalue weighted by molar-refractivity contribution is -0.137. The van der Waals surface area contributed by atoms with E-state index in [1.165, 1.54) is 25.0 Å². The van der Waals surface area contributed by atoms with Gasteiger partial charge in [-0.2, -0.15) is 13.2 Å². The third kappa shape index (κ3) is 2.93. The predicted octanol–water partition coefficient (Wildman–Crippen LogP) is 4.31. The SMILES string of the molecule is CCC1(CNc2ccc(C(F)(F)F)cc2)CC1. The van der Waals surface area contributed by atoms with E-state index in [2.05, 4.69) is 12.2 Å². The molecule has 4 heteroatoms. The van der Waals surface area contributed by atoms with Crippen LogP contribution >= 0.6 is 0 Å².